The van der Waals surface area contributed by atoms with Crippen LogP contribution in [0.1, 0.15) is 10.6 Å². The van der Waals surface area contributed by atoms with E-state index in [1.165, 1.54) is 10.8 Å². The van der Waals surface area contributed by atoms with Crippen LogP contribution in [-0.2, 0) is 6.54 Å². The molecule has 1 heterocycles. The summed E-state index contributed by atoms with van der Waals surface area (Å²) in [5.74, 6) is -1.23. The van der Waals surface area contributed by atoms with Gasteiger partial charge in [-0.05, 0) is 24.0 Å². The van der Waals surface area contributed by atoms with Crippen LogP contribution in [0.4, 0.5) is 5.82 Å². The molecule has 1 amide bonds. The minimum absolute atomic E-state index is 0.0893. The lowest BCUT2D eigenvalue weighted by molar-refractivity contribution is -0.389. The van der Waals surface area contributed by atoms with Crippen molar-refractivity contribution < 1.29 is 9.72 Å². The van der Waals surface area contributed by atoms with Crippen molar-refractivity contribution in [2.75, 3.05) is 20.6 Å². The van der Waals surface area contributed by atoms with Crippen LogP contribution in [0.5, 0.6) is 0 Å². The Bertz CT molecular complexity index is 412. The zero-order valence-corrected chi connectivity index (χ0v) is 9.08. The summed E-state index contributed by atoms with van der Waals surface area (Å²) in [6, 6.07) is 0. The largest absolute Gasteiger partial charge is 0.382 e. The molecule has 0 aromatic carbocycles. The van der Waals surface area contributed by atoms with E-state index in [1.807, 2.05) is 19.0 Å². The summed E-state index contributed by atoms with van der Waals surface area (Å²) >= 11 is 0. The van der Waals surface area contributed by atoms with E-state index < -0.39 is 10.8 Å². The van der Waals surface area contributed by atoms with Crippen LogP contribution in [0.3, 0.4) is 0 Å². The topological polar surface area (TPSA) is 107 Å². The number of likely N-dealkylation sites (N-methyl/N-ethyl adjacent to an activating group) is 1. The summed E-state index contributed by atoms with van der Waals surface area (Å²) < 4.78 is 1.39. The molecule has 1 aromatic rings. The van der Waals surface area contributed by atoms with Crippen molar-refractivity contribution in [2.45, 2.75) is 6.54 Å². The van der Waals surface area contributed by atoms with Gasteiger partial charge in [0, 0.05) is 13.1 Å². The van der Waals surface area contributed by atoms with Crippen molar-refractivity contribution in [3.8, 4) is 0 Å². The Morgan fingerprint density at radius 2 is 2.31 bits per heavy atom. The molecule has 1 aromatic heterocycles. The first kappa shape index (κ1) is 12.1. The first-order valence-corrected chi connectivity index (χ1v) is 4.58. The van der Waals surface area contributed by atoms with Gasteiger partial charge in [-0.1, -0.05) is 0 Å². The number of rotatable bonds is 5. The number of nitrogens with zero attached hydrogens (tertiary/aromatic N) is 4. The molecule has 16 heavy (non-hydrogen) atoms. The smallest absolute Gasteiger partial charge is 0.361 e. The fourth-order valence-electron chi connectivity index (χ4n) is 1.16. The van der Waals surface area contributed by atoms with Gasteiger partial charge in [0.25, 0.3) is 0 Å². The second-order valence-electron chi connectivity index (χ2n) is 3.54. The van der Waals surface area contributed by atoms with E-state index in [0.29, 0.717) is 13.1 Å². The highest BCUT2D eigenvalue weighted by atomic mass is 16.6. The first-order valence-electron chi connectivity index (χ1n) is 4.58. The van der Waals surface area contributed by atoms with Gasteiger partial charge >= 0.3 is 17.5 Å². The average molecular weight is 227 g/mol. The minimum atomic E-state index is -0.771. The van der Waals surface area contributed by atoms with E-state index in [1.54, 1.807) is 0 Å². The van der Waals surface area contributed by atoms with E-state index in [9.17, 15) is 14.9 Å². The number of primary amides is 1. The van der Waals surface area contributed by atoms with Gasteiger partial charge in [0.05, 0.1) is 0 Å². The molecule has 8 nitrogen and oxygen atoms in total. The Balaban J connectivity index is 2.96. The average Bonchev–Trinajstić information content (AvgIpc) is 2.58. The predicted molar refractivity (Wildman–Crippen MR) is 56.0 cm³/mol. The van der Waals surface area contributed by atoms with Crippen molar-refractivity contribution >= 4 is 11.7 Å². The lowest BCUT2D eigenvalue weighted by atomic mass is 10.5. The maximum absolute atomic E-state index is 11.0. The van der Waals surface area contributed by atoms with E-state index in [4.69, 9.17) is 5.73 Å². The lowest BCUT2D eigenvalue weighted by Gasteiger charge is -2.09. The molecule has 0 bridgehead atoms. The van der Waals surface area contributed by atoms with Crippen LogP contribution < -0.4 is 5.73 Å². The van der Waals surface area contributed by atoms with Crippen LogP contribution in [0.2, 0.25) is 0 Å². The Hall–Kier alpha value is -1.96. The van der Waals surface area contributed by atoms with Crippen LogP contribution in [0, 0.1) is 10.1 Å². The lowest BCUT2D eigenvalue weighted by Crippen LogP contribution is -2.23. The number of aromatic nitrogens is 2. The standard InChI is InChI=1S/C8H13N5O3/c1-11(2)3-4-12-5-6(13(15)16)10-8(12)7(9)14/h5H,3-4H2,1-2H3,(H2,9,14). The zero-order valence-electron chi connectivity index (χ0n) is 9.08. The molecule has 0 unspecified atom stereocenters. The number of hydrogen-bond acceptors (Lipinski definition) is 5. The Morgan fingerprint density at radius 1 is 1.69 bits per heavy atom. The molecule has 0 saturated heterocycles. The Labute approximate surface area is 91.8 Å². The van der Waals surface area contributed by atoms with Gasteiger partial charge < -0.3 is 20.7 Å². The van der Waals surface area contributed by atoms with Crippen molar-refractivity contribution in [3.63, 3.8) is 0 Å². The highest BCUT2D eigenvalue weighted by Gasteiger charge is 2.22. The molecule has 0 fully saturated rings. The molecule has 0 spiro atoms. The summed E-state index contributed by atoms with van der Waals surface area (Å²) in [5.41, 5.74) is 5.08. The molecule has 8 heteroatoms. The van der Waals surface area contributed by atoms with Crippen molar-refractivity contribution in [1.82, 2.24) is 14.5 Å². The molecule has 88 valence electrons. The number of imidazole rings is 1. The van der Waals surface area contributed by atoms with Crippen molar-refractivity contribution in [1.29, 1.82) is 0 Å². The third kappa shape index (κ3) is 2.76. The van der Waals surface area contributed by atoms with Crippen molar-refractivity contribution in [3.05, 3.63) is 22.1 Å². The van der Waals surface area contributed by atoms with Crippen LogP contribution in [-0.4, -0.2) is 45.9 Å². The SMILES string of the molecule is CN(C)CCn1cc([N+](=O)[O-])nc1C(N)=O. The fourth-order valence-corrected chi connectivity index (χ4v) is 1.16. The third-order valence-corrected chi connectivity index (χ3v) is 1.96. The van der Waals surface area contributed by atoms with Crippen LogP contribution in [0.15, 0.2) is 6.20 Å². The highest BCUT2D eigenvalue weighted by Crippen LogP contribution is 2.10. The number of amides is 1. The molecule has 0 aliphatic heterocycles. The first-order chi connectivity index (χ1) is 7.41. The summed E-state index contributed by atoms with van der Waals surface area (Å²) in [5, 5.41) is 10.5. The van der Waals surface area contributed by atoms with Gasteiger partial charge in [0.15, 0.2) is 0 Å². The molecular weight excluding hydrogens is 214 g/mol. The summed E-state index contributed by atoms with van der Waals surface area (Å²) in [4.78, 5) is 26.3. The van der Waals surface area contributed by atoms with E-state index >= 15 is 0 Å². The predicted octanol–water partition coefficient (Wildman–Crippen LogP) is -0.548. The van der Waals surface area contributed by atoms with Crippen LogP contribution >= 0.6 is 0 Å². The second-order valence-corrected chi connectivity index (χ2v) is 3.54. The monoisotopic (exact) mass is 227 g/mol. The Kier molecular flexibility index (Phi) is 3.56. The quantitative estimate of drug-likeness (QED) is 0.536. The second kappa shape index (κ2) is 4.71. The minimum Gasteiger partial charge on any atom is -0.361 e. The van der Waals surface area contributed by atoms with Crippen LogP contribution in [0.25, 0.3) is 0 Å². The molecule has 0 aliphatic carbocycles. The zero-order chi connectivity index (χ0) is 12.3. The summed E-state index contributed by atoms with van der Waals surface area (Å²) in [7, 11) is 3.71. The molecule has 0 radical (unpaired) electrons. The number of hydrogen-bond donors (Lipinski definition) is 1. The molecule has 1 rings (SSSR count). The molecule has 2 N–H and O–H groups in total. The normalized spacial score (nSPS) is 10.7. The van der Waals surface area contributed by atoms with Gasteiger partial charge in [-0.2, -0.15) is 0 Å². The van der Waals surface area contributed by atoms with Gasteiger partial charge in [-0.15, -0.1) is 0 Å². The Morgan fingerprint density at radius 3 is 2.75 bits per heavy atom. The fraction of sp³-hybridized carbons (Fsp3) is 0.500. The number of carbonyl (C=O) groups is 1. The number of nitrogens with two attached hydrogens (primary N) is 1. The van der Waals surface area contributed by atoms with E-state index in [-0.39, 0.29) is 11.6 Å². The number of carbonyl (C=O) groups excluding carboxylic acids is 1. The molecule has 0 aliphatic rings. The number of nitro groups is 1. The molecule has 0 atom stereocenters. The van der Waals surface area contributed by atoms with Gasteiger partial charge in [0.1, 0.15) is 6.20 Å². The van der Waals surface area contributed by atoms with Gasteiger partial charge in [-0.25, -0.2) is 0 Å². The summed E-state index contributed by atoms with van der Waals surface area (Å²) in [6.45, 7) is 1.06. The maximum atomic E-state index is 11.0. The van der Waals surface area contributed by atoms with Gasteiger partial charge in [0.2, 0.25) is 0 Å². The maximum Gasteiger partial charge on any atom is 0.382 e. The highest BCUT2D eigenvalue weighted by molar-refractivity contribution is 5.89. The third-order valence-electron chi connectivity index (χ3n) is 1.96. The van der Waals surface area contributed by atoms with E-state index in [0.717, 1.165) is 0 Å². The molecular formula is C8H13N5O3. The van der Waals surface area contributed by atoms with Crippen molar-refractivity contribution in [2.24, 2.45) is 5.73 Å². The van der Waals surface area contributed by atoms with E-state index in [2.05, 4.69) is 4.98 Å². The van der Waals surface area contributed by atoms with Gasteiger partial charge in [-0.3, -0.25) is 9.36 Å². The molecule has 0 saturated carbocycles. The summed E-state index contributed by atoms with van der Waals surface area (Å²) in [6.07, 6.45) is 1.21.